The molecular weight excluding hydrogens is 246 g/mol. The summed E-state index contributed by atoms with van der Waals surface area (Å²) < 4.78 is 0. The highest BCUT2D eigenvalue weighted by atomic mass is 16.3. The Hall–Kier alpha value is -0.860. The zero-order valence-corrected chi connectivity index (χ0v) is 13.6. The minimum absolute atomic E-state index is 0.0780. The van der Waals surface area contributed by atoms with E-state index < -0.39 is 0 Å². The molecule has 0 unspecified atom stereocenters. The summed E-state index contributed by atoms with van der Waals surface area (Å²) in [6, 6.07) is 0. The second-order valence-electron chi connectivity index (χ2n) is 7.08. The Morgan fingerprint density at radius 1 is 1.35 bits per heavy atom. The van der Waals surface area contributed by atoms with Crippen LogP contribution in [0, 0.1) is 11.3 Å². The maximum atomic E-state index is 9.27. The third kappa shape index (κ3) is 4.07. The molecule has 2 nitrogen and oxygen atoms in total. The Kier molecular flexibility index (Phi) is 5.79. The van der Waals surface area contributed by atoms with E-state index in [2.05, 4.69) is 46.4 Å². The van der Waals surface area contributed by atoms with Crippen molar-refractivity contribution >= 4 is 0 Å². The maximum absolute atomic E-state index is 9.27. The van der Waals surface area contributed by atoms with Crippen molar-refractivity contribution in [3.05, 3.63) is 36.0 Å². The van der Waals surface area contributed by atoms with Gasteiger partial charge < -0.3 is 10.8 Å². The summed E-state index contributed by atoms with van der Waals surface area (Å²) in [4.78, 5) is 0. The van der Waals surface area contributed by atoms with Crippen LogP contribution >= 0.6 is 0 Å². The molecule has 2 heteroatoms. The summed E-state index contributed by atoms with van der Waals surface area (Å²) in [7, 11) is 0. The minimum atomic E-state index is -0.250. The molecule has 3 N–H and O–H groups in total. The van der Waals surface area contributed by atoms with Crippen LogP contribution in [0.3, 0.4) is 0 Å². The first-order valence-electron chi connectivity index (χ1n) is 7.68. The molecule has 1 rings (SSSR count). The molecular formula is C18H31NO. The Balaban J connectivity index is 2.97. The fourth-order valence-electron chi connectivity index (χ4n) is 2.93. The van der Waals surface area contributed by atoms with E-state index in [9.17, 15) is 5.11 Å². The van der Waals surface area contributed by atoms with Crippen molar-refractivity contribution in [2.45, 2.75) is 58.9 Å². The van der Waals surface area contributed by atoms with Crippen molar-refractivity contribution in [3.8, 4) is 0 Å². The smallest absolute Gasteiger partial charge is 0.0459 e. The third-order valence-corrected chi connectivity index (χ3v) is 4.54. The fourth-order valence-corrected chi connectivity index (χ4v) is 2.93. The van der Waals surface area contributed by atoms with E-state index >= 15 is 0 Å². The lowest BCUT2D eigenvalue weighted by Gasteiger charge is -2.38. The number of allylic oxidation sites excluding steroid dienone is 3. The third-order valence-electron chi connectivity index (χ3n) is 4.54. The van der Waals surface area contributed by atoms with Crippen LogP contribution in [0.1, 0.15) is 53.4 Å². The Morgan fingerprint density at radius 2 is 1.90 bits per heavy atom. The normalized spacial score (nSPS) is 29.4. The number of rotatable bonds is 4. The van der Waals surface area contributed by atoms with Gasteiger partial charge in [0.15, 0.2) is 0 Å². The summed E-state index contributed by atoms with van der Waals surface area (Å²) in [6.07, 6.45) is 10.2. The van der Waals surface area contributed by atoms with E-state index in [0.29, 0.717) is 5.92 Å². The first kappa shape index (κ1) is 17.2. The van der Waals surface area contributed by atoms with Crippen LogP contribution in [-0.4, -0.2) is 17.3 Å². The van der Waals surface area contributed by atoms with Gasteiger partial charge in [0.05, 0.1) is 0 Å². The van der Waals surface area contributed by atoms with E-state index in [0.717, 1.165) is 25.7 Å². The first-order chi connectivity index (χ1) is 9.26. The molecule has 1 aliphatic rings. The Bertz CT molecular complexity index is 390. The molecule has 0 aromatic carbocycles. The average molecular weight is 277 g/mol. The molecule has 1 saturated carbocycles. The minimum Gasteiger partial charge on any atom is -0.396 e. The van der Waals surface area contributed by atoms with Gasteiger partial charge in [0.1, 0.15) is 0 Å². The van der Waals surface area contributed by atoms with Crippen LogP contribution in [0.4, 0.5) is 0 Å². The topological polar surface area (TPSA) is 46.2 Å². The molecule has 0 saturated heterocycles. The molecule has 0 atom stereocenters. The van der Waals surface area contributed by atoms with Crippen LogP contribution in [0.15, 0.2) is 36.0 Å². The van der Waals surface area contributed by atoms with Gasteiger partial charge in [-0.2, -0.15) is 0 Å². The molecule has 20 heavy (non-hydrogen) atoms. The summed E-state index contributed by atoms with van der Waals surface area (Å²) in [5.41, 5.74) is 8.91. The average Bonchev–Trinajstić information content (AvgIpc) is 2.39. The van der Waals surface area contributed by atoms with E-state index in [-0.39, 0.29) is 17.6 Å². The molecule has 0 amide bonds. The summed E-state index contributed by atoms with van der Waals surface area (Å²) >= 11 is 0. The highest BCUT2D eigenvalue weighted by Gasteiger charge is 2.34. The van der Waals surface area contributed by atoms with Gasteiger partial charge in [0, 0.05) is 12.1 Å². The van der Waals surface area contributed by atoms with E-state index in [1.165, 1.54) is 11.1 Å². The first-order valence-corrected chi connectivity index (χ1v) is 7.68. The van der Waals surface area contributed by atoms with Gasteiger partial charge in [-0.05, 0) is 55.1 Å². The molecule has 0 aromatic rings. The molecule has 0 aromatic heterocycles. The van der Waals surface area contributed by atoms with E-state index in [1.54, 1.807) is 0 Å². The van der Waals surface area contributed by atoms with Crippen molar-refractivity contribution in [2.24, 2.45) is 17.1 Å². The molecule has 0 aliphatic heterocycles. The zero-order chi connectivity index (χ0) is 15.4. The highest BCUT2D eigenvalue weighted by molar-refractivity contribution is 5.39. The lowest BCUT2D eigenvalue weighted by Crippen LogP contribution is -2.45. The van der Waals surface area contributed by atoms with Crippen molar-refractivity contribution in [2.75, 3.05) is 6.61 Å². The molecule has 1 aliphatic carbocycles. The number of hydrogen-bond acceptors (Lipinski definition) is 2. The highest BCUT2D eigenvalue weighted by Crippen LogP contribution is 2.37. The van der Waals surface area contributed by atoms with Gasteiger partial charge in [-0.15, -0.1) is 0 Å². The van der Waals surface area contributed by atoms with Crippen molar-refractivity contribution in [3.63, 3.8) is 0 Å². The predicted molar refractivity (Wildman–Crippen MR) is 87.5 cm³/mol. The van der Waals surface area contributed by atoms with Crippen LogP contribution in [0.25, 0.3) is 0 Å². The lowest BCUT2D eigenvalue weighted by atomic mass is 9.72. The molecule has 0 bridgehead atoms. The monoisotopic (exact) mass is 277 g/mol. The summed E-state index contributed by atoms with van der Waals surface area (Å²) in [5, 5.41) is 9.27. The Labute approximate surface area is 124 Å². The van der Waals surface area contributed by atoms with Crippen LogP contribution in [-0.2, 0) is 0 Å². The van der Waals surface area contributed by atoms with Crippen LogP contribution < -0.4 is 5.73 Å². The van der Waals surface area contributed by atoms with E-state index in [4.69, 9.17) is 5.73 Å². The van der Waals surface area contributed by atoms with Gasteiger partial charge in [0.2, 0.25) is 0 Å². The molecule has 0 heterocycles. The molecule has 0 spiro atoms. The Morgan fingerprint density at radius 3 is 2.25 bits per heavy atom. The van der Waals surface area contributed by atoms with Gasteiger partial charge in [-0.1, -0.05) is 45.6 Å². The van der Waals surface area contributed by atoms with Crippen molar-refractivity contribution in [1.29, 1.82) is 0 Å². The van der Waals surface area contributed by atoms with Crippen molar-refractivity contribution < 1.29 is 5.11 Å². The van der Waals surface area contributed by atoms with Gasteiger partial charge >= 0.3 is 0 Å². The quantitative estimate of drug-likeness (QED) is 0.764. The van der Waals surface area contributed by atoms with E-state index in [1.807, 2.05) is 6.08 Å². The van der Waals surface area contributed by atoms with Crippen LogP contribution in [0.5, 0.6) is 0 Å². The molecule has 114 valence electrons. The standard InChI is InChI=1S/C18H31NO/c1-6-15(17(3,4)5)12-16(7-2)18(19)10-8-14(13-20)9-11-18/h6-7,12,14,20H,1,8-11,13,19H2,2-5H3/b15-12+,16-7+. The maximum Gasteiger partial charge on any atom is 0.0459 e. The SMILES string of the molecule is C=C/C(=C\C(=C/C)C1(N)CCC(CO)CC1)C(C)(C)C. The number of aliphatic hydroxyl groups excluding tert-OH is 1. The van der Waals surface area contributed by atoms with Gasteiger partial charge in [-0.25, -0.2) is 0 Å². The number of nitrogens with two attached hydrogens (primary N) is 1. The summed E-state index contributed by atoms with van der Waals surface area (Å²) in [5.74, 6) is 0.426. The van der Waals surface area contributed by atoms with Crippen LogP contribution in [0.2, 0.25) is 0 Å². The second kappa shape index (κ2) is 6.73. The van der Waals surface area contributed by atoms with Gasteiger partial charge in [0.25, 0.3) is 0 Å². The summed E-state index contributed by atoms with van der Waals surface area (Å²) in [6.45, 7) is 12.9. The number of aliphatic hydroxyl groups is 1. The number of hydrogen-bond donors (Lipinski definition) is 2. The predicted octanol–water partition coefficient (Wildman–Crippen LogP) is 3.97. The largest absolute Gasteiger partial charge is 0.396 e. The fraction of sp³-hybridized carbons (Fsp3) is 0.667. The van der Waals surface area contributed by atoms with Crippen molar-refractivity contribution in [1.82, 2.24) is 0 Å². The molecule has 0 radical (unpaired) electrons. The second-order valence-corrected chi connectivity index (χ2v) is 7.08. The van der Waals surface area contributed by atoms with Gasteiger partial charge in [-0.3, -0.25) is 0 Å². The molecule has 1 fully saturated rings. The lowest BCUT2D eigenvalue weighted by molar-refractivity contribution is 0.165. The zero-order valence-electron chi connectivity index (χ0n) is 13.6.